The summed E-state index contributed by atoms with van der Waals surface area (Å²) in [5, 5.41) is 4.26. The molecule has 0 N–H and O–H groups in total. The van der Waals surface area contributed by atoms with Gasteiger partial charge in [0.25, 0.3) is 5.56 Å². The van der Waals surface area contributed by atoms with Crippen LogP contribution in [-0.4, -0.2) is 32.7 Å². The van der Waals surface area contributed by atoms with Gasteiger partial charge in [0.05, 0.1) is 6.33 Å². The number of fused-ring (bicyclic) bond motifs is 1. The first-order chi connectivity index (χ1) is 13.4. The first kappa shape index (κ1) is 19.2. The highest BCUT2D eigenvalue weighted by atomic mass is 19.4. The van der Waals surface area contributed by atoms with Crippen molar-refractivity contribution in [3.8, 4) is 0 Å². The molecule has 0 bridgehead atoms. The molecule has 1 aliphatic heterocycles. The number of nitrogens with zero attached hydrogens (tertiary/aromatic N) is 4. The Bertz CT molecular complexity index is 882. The molecular formula is C19H23F3N4O2. The molecule has 0 unspecified atom stereocenters. The van der Waals surface area contributed by atoms with Gasteiger partial charge in [0.15, 0.2) is 5.69 Å². The molecule has 1 saturated heterocycles. The highest BCUT2D eigenvalue weighted by Gasteiger charge is 2.33. The van der Waals surface area contributed by atoms with Crippen molar-refractivity contribution in [2.24, 2.45) is 5.92 Å². The van der Waals surface area contributed by atoms with Crippen LogP contribution in [0.1, 0.15) is 48.4 Å². The lowest BCUT2D eigenvalue weighted by Gasteiger charge is -2.31. The summed E-state index contributed by atoms with van der Waals surface area (Å²) in [5.41, 5.74) is 0.519. The number of hydrogen-bond donors (Lipinski definition) is 0. The van der Waals surface area contributed by atoms with Crippen LogP contribution in [0.25, 0.3) is 0 Å². The first-order valence-electron chi connectivity index (χ1n) is 9.72. The van der Waals surface area contributed by atoms with Crippen LogP contribution in [0.3, 0.4) is 0 Å². The van der Waals surface area contributed by atoms with Crippen molar-refractivity contribution in [3.05, 3.63) is 45.5 Å². The van der Waals surface area contributed by atoms with Crippen LogP contribution in [0, 0.1) is 5.92 Å². The van der Waals surface area contributed by atoms with E-state index in [2.05, 4.69) is 15.0 Å². The van der Waals surface area contributed by atoms with E-state index < -0.39 is 17.4 Å². The molecule has 9 heteroatoms. The van der Waals surface area contributed by atoms with Gasteiger partial charge in [-0.25, -0.2) is 4.98 Å². The summed E-state index contributed by atoms with van der Waals surface area (Å²) in [4.78, 5) is 17.7. The fourth-order valence-electron chi connectivity index (χ4n) is 4.11. The van der Waals surface area contributed by atoms with Crippen molar-refractivity contribution in [3.63, 3.8) is 0 Å². The highest BCUT2D eigenvalue weighted by Crippen LogP contribution is 2.28. The third-order valence-electron chi connectivity index (χ3n) is 5.74. The Balaban J connectivity index is 1.32. The van der Waals surface area contributed by atoms with Crippen LogP contribution >= 0.6 is 0 Å². The number of hydrogen-bond acceptors (Lipinski definition) is 5. The smallest absolute Gasteiger partial charge is 0.361 e. The summed E-state index contributed by atoms with van der Waals surface area (Å²) < 4.78 is 44.7. The van der Waals surface area contributed by atoms with E-state index in [1.165, 1.54) is 16.6 Å². The molecule has 0 spiro atoms. The van der Waals surface area contributed by atoms with Gasteiger partial charge in [0.1, 0.15) is 11.5 Å². The molecule has 3 heterocycles. The second kappa shape index (κ2) is 7.69. The molecule has 4 rings (SSSR count). The second-order valence-electron chi connectivity index (χ2n) is 7.72. The number of likely N-dealkylation sites (tertiary alicyclic amines) is 1. The number of alkyl halides is 3. The zero-order valence-electron chi connectivity index (χ0n) is 15.5. The predicted molar refractivity (Wildman–Crippen MR) is 94.6 cm³/mol. The van der Waals surface area contributed by atoms with E-state index in [0.29, 0.717) is 12.6 Å². The fourth-order valence-corrected chi connectivity index (χ4v) is 4.11. The Hall–Kier alpha value is -2.16. The maximum absolute atomic E-state index is 12.6. The predicted octanol–water partition coefficient (Wildman–Crippen LogP) is 3.04. The van der Waals surface area contributed by atoms with Crippen molar-refractivity contribution in [1.82, 2.24) is 19.6 Å². The average molecular weight is 396 g/mol. The molecule has 0 atom stereocenters. The zero-order chi connectivity index (χ0) is 19.7. The van der Waals surface area contributed by atoms with E-state index in [1.807, 2.05) is 0 Å². The minimum atomic E-state index is -4.59. The normalized spacial score (nSPS) is 19.0. The zero-order valence-corrected chi connectivity index (χ0v) is 15.5. The van der Waals surface area contributed by atoms with Crippen LogP contribution in [0.4, 0.5) is 13.2 Å². The quantitative estimate of drug-likeness (QED) is 0.795. The van der Waals surface area contributed by atoms with Crippen LogP contribution in [-0.2, 0) is 32.1 Å². The molecule has 0 radical (unpaired) electrons. The van der Waals surface area contributed by atoms with Crippen molar-refractivity contribution >= 4 is 0 Å². The van der Waals surface area contributed by atoms with Crippen LogP contribution in [0.2, 0.25) is 0 Å². The molecular weight excluding hydrogens is 373 g/mol. The Labute approximate surface area is 160 Å². The Kier molecular flexibility index (Phi) is 5.27. The fraction of sp³-hybridized carbons (Fsp3) is 0.632. The summed E-state index contributed by atoms with van der Waals surface area (Å²) in [6.45, 7) is 2.91. The molecule has 0 saturated carbocycles. The topological polar surface area (TPSA) is 64.2 Å². The molecule has 6 nitrogen and oxygen atoms in total. The second-order valence-corrected chi connectivity index (χ2v) is 7.72. The lowest BCUT2D eigenvalue weighted by Crippen LogP contribution is -2.36. The Morgan fingerprint density at radius 3 is 2.64 bits per heavy atom. The summed E-state index contributed by atoms with van der Waals surface area (Å²) in [5.74, 6) is 1.28. The first-order valence-corrected chi connectivity index (χ1v) is 9.72. The Morgan fingerprint density at radius 2 is 1.93 bits per heavy atom. The average Bonchev–Trinajstić information content (AvgIpc) is 3.07. The van der Waals surface area contributed by atoms with Crippen molar-refractivity contribution in [2.75, 3.05) is 13.1 Å². The van der Waals surface area contributed by atoms with Gasteiger partial charge < -0.3 is 4.52 Å². The van der Waals surface area contributed by atoms with E-state index >= 15 is 0 Å². The van der Waals surface area contributed by atoms with Crippen LogP contribution in [0.5, 0.6) is 0 Å². The SMILES string of the molecule is O=c1cc(C(F)(F)F)ncn1CC1CCN(Cc2noc3c2CCCC3)CC1. The van der Waals surface area contributed by atoms with E-state index in [0.717, 1.165) is 69.5 Å². The van der Waals surface area contributed by atoms with Gasteiger partial charge >= 0.3 is 6.18 Å². The van der Waals surface area contributed by atoms with E-state index in [4.69, 9.17) is 4.52 Å². The number of halogens is 3. The molecule has 0 amide bonds. The van der Waals surface area contributed by atoms with Crippen molar-refractivity contribution in [1.29, 1.82) is 0 Å². The third kappa shape index (κ3) is 4.14. The number of aromatic nitrogens is 3. The van der Waals surface area contributed by atoms with Crippen molar-refractivity contribution in [2.45, 2.75) is 57.8 Å². The molecule has 1 fully saturated rings. The third-order valence-corrected chi connectivity index (χ3v) is 5.74. The molecule has 2 aromatic heterocycles. The largest absolute Gasteiger partial charge is 0.433 e. The summed E-state index contributed by atoms with van der Waals surface area (Å²) >= 11 is 0. The highest BCUT2D eigenvalue weighted by molar-refractivity contribution is 5.25. The van der Waals surface area contributed by atoms with Gasteiger partial charge in [-0.05, 0) is 51.1 Å². The lowest BCUT2D eigenvalue weighted by atomic mass is 9.94. The van der Waals surface area contributed by atoms with Gasteiger partial charge in [-0.2, -0.15) is 13.2 Å². The van der Waals surface area contributed by atoms with Crippen LogP contribution < -0.4 is 5.56 Å². The van der Waals surface area contributed by atoms with Gasteiger partial charge in [-0.1, -0.05) is 5.16 Å². The molecule has 1 aliphatic carbocycles. The van der Waals surface area contributed by atoms with Gasteiger partial charge in [0, 0.05) is 31.1 Å². The van der Waals surface area contributed by atoms with Crippen LogP contribution in [0.15, 0.2) is 21.7 Å². The van der Waals surface area contributed by atoms with Gasteiger partial charge in [-0.15, -0.1) is 0 Å². The lowest BCUT2D eigenvalue weighted by molar-refractivity contribution is -0.141. The molecule has 2 aromatic rings. The summed E-state index contributed by atoms with van der Waals surface area (Å²) in [7, 11) is 0. The number of aryl methyl sites for hydroxylation is 1. The molecule has 2 aliphatic rings. The molecule has 0 aromatic carbocycles. The number of rotatable bonds is 4. The van der Waals surface area contributed by atoms with Gasteiger partial charge in [-0.3, -0.25) is 14.3 Å². The van der Waals surface area contributed by atoms with E-state index in [9.17, 15) is 18.0 Å². The summed E-state index contributed by atoms with van der Waals surface area (Å²) in [6.07, 6.45) is 2.53. The van der Waals surface area contributed by atoms with E-state index in [-0.39, 0.29) is 5.92 Å². The number of piperidine rings is 1. The molecule has 152 valence electrons. The maximum Gasteiger partial charge on any atom is 0.433 e. The standard InChI is InChI=1S/C19H23F3N4O2/c20-19(21,22)17-9-18(27)26(12-23-17)10-13-5-7-25(8-6-13)11-15-14-3-1-2-4-16(14)28-24-15/h9,12-13H,1-8,10-11H2. The van der Waals surface area contributed by atoms with E-state index in [1.54, 1.807) is 0 Å². The Morgan fingerprint density at radius 1 is 1.18 bits per heavy atom. The monoisotopic (exact) mass is 396 g/mol. The minimum Gasteiger partial charge on any atom is -0.361 e. The van der Waals surface area contributed by atoms with Crippen molar-refractivity contribution < 1.29 is 17.7 Å². The minimum absolute atomic E-state index is 0.249. The molecule has 28 heavy (non-hydrogen) atoms. The maximum atomic E-state index is 12.6. The van der Waals surface area contributed by atoms with Gasteiger partial charge in [0.2, 0.25) is 0 Å². The summed E-state index contributed by atoms with van der Waals surface area (Å²) in [6, 6.07) is 0.572.